The zero-order chi connectivity index (χ0) is 22.3. The van der Waals surface area contributed by atoms with Gasteiger partial charge in [0, 0.05) is 16.8 Å². The molecular weight excluding hydrogens is 505 g/mol. The van der Waals surface area contributed by atoms with Crippen LogP contribution in [-0.2, 0) is 0 Å². The maximum Gasteiger partial charge on any atom is 0.410 e. The molecule has 0 aromatic carbocycles. The van der Waals surface area contributed by atoms with Gasteiger partial charge in [-0.3, -0.25) is 4.79 Å². The van der Waals surface area contributed by atoms with E-state index >= 15 is 0 Å². The zero-order valence-corrected chi connectivity index (χ0v) is 19.7. The third-order valence-corrected chi connectivity index (χ3v) is 9.55. The highest BCUT2D eigenvalue weighted by molar-refractivity contribution is 9.10. The van der Waals surface area contributed by atoms with Crippen LogP contribution < -0.4 is 10.6 Å². The van der Waals surface area contributed by atoms with E-state index in [0.29, 0.717) is 22.2 Å². The number of aromatic nitrogens is 2. The summed E-state index contributed by atoms with van der Waals surface area (Å²) in [6, 6.07) is 1.39. The second-order valence-electron chi connectivity index (χ2n) is 10.1. The number of fused-ring (bicyclic) bond motifs is 1. The van der Waals surface area contributed by atoms with Crippen molar-refractivity contribution in [3.05, 3.63) is 32.6 Å². The van der Waals surface area contributed by atoms with Crippen LogP contribution in [0, 0.1) is 17.8 Å². The lowest BCUT2D eigenvalue weighted by Crippen LogP contribution is -2.59. The zero-order valence-electron chi connectivity index (χ0n) is 17.3. The van der Waals surface area contributed by atoms with E-state index in [1.54, 1.807) is 0 Å². The minimum atomic E-state index is -4.47. The van der Waals surface area contributed by atoms with E-state index in [9.17, 15) is 18.0 Å². The van der Waals surface area contributed by atoms with E-state index in [1.807, 2.05) is 17.5 Å². The van der Waals surface area contributed by atoms with E-state index < -0.39 is 18.3 Å². The van der Waals surface area contributed by atoms with Crippen molar-refractivity contribution < 1.29 is 18.0 Å². The maximum absolute atomic E-state index is 14.0. The minimum Gasteiger partial charge on any atom is -0.362 e. The standard InChI is InChI=1S/C22H24BrF3N4OS/c23-17-18(20(31)28-21-8-11-4-12(9-21)6-13(5-11)10-21)29-30-16(22(24,25)26)7-14(27-19(17)30)15-2-1-3-32-15/h1-3,11-14,16,27H,4-10H2,(H,28,31). The topological polar surface area (TPSA) is 59.0 Å². The first-order valence-electron chi connectivity index (χ1n) is 11.2. The lowest BCUT2D eigenvalue weighted by atomic mass is 9.53. The number of amides is 1. The summed E-state index contributed by atoms with van der Waals surface area (Å²) in [6.45, 7) is 0. The molecule has 4 bridgehead atoms. The van der Waals surface area contributed by atoms with Gasteiger partial charge in [-0.25, -0.2) is 4.68 Å². The number of nitrogens with zero attached hydrogens (tertiary/aromatic N) is 2. The molecule has 0 spiro atoms. The van der Waals surface area contributed by atoms with Gasteiger partial charge in [-0.2, -0.15) is 18.3 Å². The number of hydrogen-bond donors (Lipinski definition) is 2. The van der Waals surface area contributed by atoms with Crippen LogP contribution >= 0.6 is 27.3 Å². The van der Waals surface area contributed by atoms with Crippen LogP contribution in [0.3, 0.4) is 0 Å². The molecule has 7 rings (SSSR count). The van der Waals surface area contributed by atoms with Crippen LogP contribution in [0.5, 0.6) is 0 Å². The Morgan fingerprint density at radius 2 is 1.84 bits per heavy atom. The van der Waals surface area contributed by atoms with Crippen molar-refractivity contribution in [2.75, 3.05) is 5.32 Å². The summed E-state index contributed by atoms with van der Waals surface area (Å²) in [5.74, 6) is 1.80. The van der Waals surface area contributed by atoms with Crippen LogP contribution in [-0.4, -0.2) is 27.4 Å². The molecule has 4 aliphatic carbocycles. The highest BCUT2D eigenvalue weighted by atomic mass is 79.9. The first-order valence-corrected chi connectivity index (χ1v) is 12.9. The van der Waals surface area contributed by atoms with Gasteiger partial charge in [-0.05, 0) is 83.7 Å². The van der Waals surface area contributed by atoms with Crippen LogP contribution in [0.4, 0.5) is 19.0 Å². The number of alkyl halides is 3. The molecule has 2 aromatic rings. The minimum absolute atomic E-state index is 0.0318. The Balaban J connectivity index is 1.31. The lowest BCUT2D eigenvalue weighted by molar-refractivity contribution is -0.173. The van der Waals surface area contributed by atoms with E-state index in [1.165, 1.54) is 30.6 Å². The predicted octanol–water partition coefficient (Wildman–Crippen LogP) is 6.07. The van der Waals surface area contributed by atoms with Crippen LogP contribution in [0.1, 0.15) is 72.4 Å². The molecule has 4 saturated carbocycles. The summed E-state index contributed by atoms with van der Waals surface area (Å²) in [5.41, 5.74) is -0.199. The number of carbonyl (C=O) groups excluding carboxylic acids is 1. The molecule has 2 atom stereocenters. The lowest BCUT2D eigenvalue weighted by Gasteiger charge is -2.56. The number of hydrogen-bond acceptors (Lipinski definition) is 4. The quantitative estimate of drug-likeness (QED) is 0.508. The number of carbonyl (C=O) groups is 1. The fraction of sp³-hybridized carbons (Fsp3) is 0.636. The molecule has 1 aliphatic heterocycles. The molecule has 2 N–H and O–H groups in total. The van der Waals surface area contributed by atoms with Gasteiger partial charge in [0.05, 0.1) is 10.5 Å². The summed E-state index contributed by atoms with van der Waals surface area (Å²) in [5, 5.41) is 12.5. The Labute approximate surface area is 196 Å². The average Bonchev–Trinajstić information content (AvgIpc) is 3.34. The van der Waals surface area contributed by atoms with Crippen LogP contribution in [0.15, 0.2) is 22.0 Å². The van der Waals surface area contributed by atoms with E-state index in [4.69, 9.17) is 0 Å². The van der Waals surface area contributed by atoms with Gasteiger partial charge in [-0.1, -0.05) is 6.07 Å². The van der Waals surface area contributed by atoms with Gasteiger partial charge in [0.15, 0.2) is 11.7 Å². The van der Waals surface area contributed by atoms with E-state index in [0.717, 1.165) is 28.8 Å². The fourth-order valence-corrected chi connectivity index (χ4v) is 8.32. The second-order valence-corrected chi connectivity index (χ2v) is 11.9. The van der Waals surface area contributed by atoms with Crippen molar-refractivity contribution in [2.45, 2.75) is 68.7 Å². The molecule has 3 heterocycles. The van der Waals surface area contributed by atoms with E-state index in [2.05, 4.69) is 31.7 Å². The molecule has 2 aromatic heterocycles. The number of anilines is 1. The molecule has 10 heteroatoms. The van der Waals surface area contributed by atoms with Gasteiger partial charge in [0.25, 0.3) is 5.91 Å². The Hall–Kier alpha value is -1.55. The first-order chi connectivity index (χ1) is 15.2. The van der Waals surface area contributed by atoms with Crippen molar-refractivity contribution in [3.8, 4) is 0 Å². The van der Waals surface area contributed by atoms with Crippen molar-refractivity contribution in [3.63, 3.8) is 0 Å². The maximum atomic E-state index is 14.0. The molecular formula is C22H24BrF3N4OS. The first kappa shape index (κ1) is 21.0. The Morgan fingerprint density at radius 1 is 1.19 bits per heavy atom. The normalized spacial score (nSPS) is 35.4. The second kappa shape index (κ2) is 7.22. The molecule has 4 fully saturated rings. The summed E-state index contributed by atoms with van der Waals surface area (Å²) >= 11 is 4.82. The molecule has 5 aliphatic rings. The van der Waals surface area contributed by atoms with Crippen molar-refractivity contribution in [1.82, 2.24) is 15.1 Å². The van der Waals surface area contributed by atoms with Gasteiger partial charge in [-0.15, -0.1) is 11.3 Å². The predicted molar refractivity (Wildman–Crippen MR) is 119 cm³/mol. The highest BCUT2D eigenvalue weighted by Gasteiger charge is 2.52. The largest absolute Gasteiger partial charge is 0.410 e. The average molecular weight is 529 g/mol. The molecule has 0 saturated heterocycles. The fourth-order valence-electron chi connectivity index (χ4n) is 6.97. The molecule has 1 amide bonds. The number of thiophene rings is 1. The third-order valence-electron chi connectivity index (χ3n) is 7.81. The van der Waals surface area contributed by atoms with Crippen LogP contribution in [0.25, 0.3) is 0 Å². The van der Waals surface area contributed by atoms with Crippen molar-refractivity contribution >= 4 is 39.0 Å². The number of halogens is 4. The SMILES string of the molecule is O=C(NC12CC3CC(CC(C3)C1)C2)c1nn2c(c1Br)NC(c1cccs1)CC2C(F)(F)F. The molecule has 2 unspecified atom stereocenters. The summed E-state index contributed by atoms with van der Waals surface area (Å²) in [7, 11) is 0. The van der Waals surface area contributed by atoms with Crippen molar-refractivity contribution in [2.24, 2.45) is 17.8 Å². The summed E-state index contributed by atoms with van der Waals surface area (Å²) in [4.78, 5) is 14.1. The third kappa shape index (κ3) is 3.40. The number of nitrogens with one attached hydrogen (secondary N) is 2. The molecule has 32 heavy (non-hydrogen) atoms. The monoisotopic (exact) mass is 528 g/mol. The summed E-state index contributed by atoms with van der Waals surface area (Å²) < 4.78 is 43.1. The van der Waals surface area contributed by atoms with Gasteiger partial charge >= 0.3 is 6.18 Å². The molecule has 5 nitrogen and oxygen atoms in total. The Kier molecular flexibility index (Phi) is 4.74. The number of rotatable bonds is 3. The van der Waals surface area contributed by atoms with Gasteiger partial charge < -0.3 is 10.6 Å². The summed E-state index contributed by atoms with van der Waals surface area (Å²) in [6.07, 6.45) is 2.03. The smallest absolute Gasteiger partial charge is 0.362 e. The van der Waals surface area contributed by atoms with Gasteiger partial charge in [0.2, 0.25) is 0 Å². The highest BCUT2D eigenvalue weighted by Crippen LogP contribution is 2.56. The Bertz CT molecular complexity index is 1020. The van der Waals surface area contributed by atoms with Crippen LogP contribution in [0.2, 0.25) is 0 Å². The van der Waals surface area contributed by atoms with E-state index in [-0.39, 0.29) is 29.4 Å². The van der Waals surface area contributed by atoms with Gasteiger partial charge in [0.1, 0.15) is 5.82 Å². The Morgan fingerprint density at radius 3 is 2.41 bits per heavy atom. The molecule has 0 radical (unpaired) electrons. The molecule has 172 valence electrons. The van der Waals surface area contributed by atoms with Crippen molar-refractivity contribution in [1.29, 1.82) is 0 Å².